The highest BCUT2D eigenvalue weighted by Crippen LogP contribution is 2.25. The van der Waals surface area contributed by atoms with Crippen LogP contribution in [0.2, 0.25) is 0 Å². The summed E-state index contributed by atoms with van der Waals surface area (Å²) in [4.78, 5) is 2.57. The zero-order chi connectivity index (χ0) is 14.4. The van der Waals surface area contributed by atoms with Crippen LogP contribution in [-0.4, -0.2) is 25.1 Å². The summed E-state index contributed by atoms with van der Waals surface area (Å²) in [7, 11) is 1.66. The van der Waals surface area contributed by atoms with E-state index in [1.54, 1.807) is 7.11 Å². The molecule has 3 nitrogen and oxygen atoms in total. The van der Waals surface area contributed by atoms with Crippen molar-refractivity contribution in [1.82, 2.24) is 4.90 Å². The van der Waals surface area contributed by atoms with Crippen LogP contribution in [0.5, 0.6) is 5.75 Å². The molecule has 20 heavy (non-hydrogen) atoms. The number of nitrogen functional groups attached to an aromatic ring is 1. The number of ether oxygens (including phenoxy) is 1. The van der Waals surface area contributed by atoms with Crippen LogP contribution in [0.1, 0.15) is 44.6 Å². The number of likely N-dealkylation sites (tertiary alicyclic amines) is 1. The Morgan fingerprint density at radius 3 is 2.85 bits per heavy atom. The second-order valence-electron chi connectivity index (χ2n) is 5.94. The topological polar surface area (TPSA) is 38.5 Å². The van der Waals surface area contributed by atoms with Crippen LogP contribution in [-0.2, 0) is 6.54 Å². The van der Waals surface area contributed by atoms with Gasteiger partial charge in [0.1, 0.15) is 5.75 Å². The minimum Gasteiger partial charge on any atom is -0.495 e. The van der Waals surface area contributed by atoms with Crippen LogP contribution >= 0.6 is 0 Å². The normalized spacial score (nSPS) is 20.6. The van der Waals surface area contributed by atoms with Crippen LogP contribution in [0.3, 0.4) is 0 Å². The summed E-state index contributed by atoms with van der Waals surface area (Å²) in [5.74, 6) is 1.71. The summed E-state index contributed by atoms with van der Waals surface area (Å²) < 4.78 is 5.21. The Hall–Kier alpha value is -1.22. The molecule has 1 aromatic carbocycles. The van der Waals surface area contributed by atoms with Crippen LogP contribution in [0.4, 0.5) is 5.69 Å². The van der Waals surface area contributed by atoms with Gasteiger partial charge >= 0.3 is 0 Å². The maximum atomic E-state index is 5.99. The quantitative estimate of drug-likeness (QED) is 0.834. The van der Waals surface area contributed by atoms with Gasteiger partial charge in [-0.1, -0.05) is 25.8 Å². The maximum absolute atomic E-state index is 5.99. The minimum atomic E-state index is 0.740. The van der Waals surface area contributed by atoms with Gasteiger partial charge in [-0.05, 0) is 56.0 Å². The SMILES string of the molecule is CCCC1CCCN(Cc2ccc(OC)c(N)c2)CC1. The fourth-order valence-electron chi connectivity index (χ4n) is 3.22. The molecule has 0 saturated carbocycles. The molecule has 0 aliphatic carbocycles. The van der Waals surface area contributed by atoms with Crippen molar-refractivity contribution >= 4 is 5.69 Å². The average molecular weight is 276 g/mol. The number of hydrogen-bond acceptors (Lipinski definition) is 3. The van der Waals surface area contributed by atoms with Gasteiger partial charge in [0, 0.05) is 6.54 Å². The summed E-state index contributed by atoms with van der Waals surface area (Å²) in [6.45, 7) is 5.73. The molecule has 0 spiro atoms. The van der Waals surface area contributed by atoms with Gasteiger partial charge in [-0.3, -0.25) is 4.90 Å². The van der Waals surface area contributed by atoms with Crippen LogP contribution in [0, 0.1) is 5.92 Å². The molecule has 1 aliphatic heterocycles. The lowest BCUT2D eigenvalue weighted by Gasteiger charge is -2.20. The molecule has 0 amide bonds. The van der Waals surface area contributed by atoms with Crippen LogP contribution in [0.25, 0.3) is 0 Å². The molecule has 1 aromatic rings. The van der Waals surface area contributed by atoms with E-state index in [1.807, 2.05) is 12.1 Å². The van der Waals surface area contributed by atoms with Crippen molar-refractivity contribution < 1.29 is 4.74 Å². The maximum Gasteiger partial charge on any atom is 0.141 e. The van der Waals surface area contributed by atoms with Crippen LogP contribution in [0.15, 0.2) is 18.2 Å². The number of anilines is 1. The summed E-state index contributed by atoms with van der Waals surface area (Å²) in [5, 5.41) is 0. The van der Waals surface area contributed by atoms with Gasteiger partial charge in [-0.25, -0.2) is 0 Å². The Balaban J connectivity index is 1.91. The summed E-state index contributed by atoms with van der Waals surface area (Å²) in [6.07, 6.45) is 6.79. The van der Waals surface area contributed by atoms with Crippen molar-refractivity contribution in [2.45, 2.75) is 45.6 Å². The van der Waals surface area contributed by atoms with Crippen molar-refractivity contribution in [3.05, 3.63) is 23.8 Å². The number of nitrogens with zero attached hydrogens (tertiary/aromatic N) is 1. The Kier molecular flexibility index (Phi) is 5.72. The van der Waals surface area contributed by atoms with Crippen LogP contribution < -0.4 is 10.5 Å². The molecule has 3 heteroatoms. The first-order valence-corrected chi connectivity index (χ1v) is 7.87. The predicted octanol–water partition coefficient (Wildman–Crippen LogP) is 3.68. The summed E-state index contributed by atoms with van der Waals surface area (Å²) in [6, 6.07) is 6.15. The molecule has 1 fully saturated rings. The second-order valence-corrected chi connectivity index (χ2v) is 5.94. The van der Waals surface area contributed by atoms with E-state index >= 15 is 0 Å². The van der Waals surface area contributed by atoms with Crippen molar-refractivity contribution in [3.63, 3.8) is 0 Å². The highest BCUT2D eigenvalue weighted by molar-refractivity contribution is 5.54. The summed E-state index contributed by atoms with van der Waals surface area (Å²) >= 11 is 0. The minimum absolute atomic E-state index is 0.740. The van der Waals surface area contributed by atoms with E-state index in [1.165, 1.54) is 50.8 Å². The first-order chi connectivity index (χ1) is 9.72. The van der Waals surface area contributed by atoms with Gasteiger partial charge < -0.3 is 10.5 Å². The van der Waals surface area contributed by atoms with Crippen molar-refractivity contribution in [1.29, 1.82) is 0 Å². The molecule has 0 aromatic heterocycles. The monoisotopic (exact) mass is 276 g/mol. The third kappa shape index (κ3) is 4.14. The molecule has 1 heterocycles. The largest absolute Gasteiger partial charge is 0.495 e. The van der Waals surface area contributed by atoms with E-state index in [9.17, 15) is 0 Å². The fourth-order valence-corrected chi connectivity index (χ4v) is 3.22. The molecule has 1 aliphatic rings. The number of methoxy groups -OCH3 is 1. The molecule has 2 N–H and O–H groups in total. The summed E-state index contributed by atoms with van der Waals surface area (Å²) in [5.41, 5.74) is 8.01. The number of nitrogens with two attached hydrogens (primary N) is 1. The number of benzene rings is 1. The zero-order valence-corrected chi connectivity index (χ0v) is 12.9. The highest BCUT2D eigenvalue weighted by atomic mass is 16.5. The molecule has 2 rings (SSSR count). The number of hydrogen-bond donors (Lipinski definition) is 1. The molecular formula is C17H28N2O. The van der Waals surface area contributed by atoms with Crippen molar-refractivity contribution in [2.24, 2.45) is 5.92 Å². The Morgan fingerprint density at radius 1 is 1.30 bits per heavy atom. The molecule has 112 valence electrons. The van der Waals surface area contributed by atoms with Crippen molar-refractivity contribution in [2.75, 3.05) is 25.9 Å². The molecule has 1 unspecified atom stereocenters. The number of rotatable bonds is 5. The smallest absolute Gasteiger partial charge is 0.141 e. The van der Waals surface area contributed by atoms with Gasteiger partial charge in [0.15, 0.2) is 0 Å². The Bertz CT molecular complexity index is 419. The zero-order valence-electron chi connectivity index (χ0n) is 12.9. The first-order valence-electron chi connectivity index (χ1n) is 7.87. The predicted molar refractivity (Wildman–Crippen MR) is 84.9 cm³/mol. The molecule has 0 radical (unpaired) electrons. The van der Waals surface area contributed by atoms with E-state index in [0.29, 0.717) is 0 Å². The third-order valence-corrected chi connectivity index (χ3v) is 4.34. The van der Waals surface area contributed by atoms with Gasteiger partial charge in [0.2, 0.25) is 0 Å². The fraction of sp³-hybridized carbons (Fsp3) is 0.647. The van der Waals surface area contributed by atoms with E-state index < -0.39 is 0 Å². The first kappa shape index (κ1) is 15.2. The van der Waals surface area contributed by atoms with Gasteiger partial charge in [0.05, 0.1) is 12.8 Å². The van der Waals surface area contributed by atoms with E-state index in [0.717, 1.165) is 23.9 Å². The molecule has 1 atom stereocenters. The van der Waals surface area contributed by atoms with Gasteiger partial charge in [-0.2, -0.15) is 0 Å². The van der Waals surface area contributed by atoms with E-state index in [4.69, 9.17) is 10.5 Å². The molecule has 1 saturated heterocycles. The van der Waals surface area contributed by atoms with E-state index in [-0.39, 0.29) is 0 Å². The van der Waals surface area contributed by atoms with Gasteiger partial charge in [-0.15, -0.1) is 0 Å². The molecule has 0 bridgehead atoms. The Morgan fingerprint density at radius 2 is 2.15 bits per heavy atom. The average Bonchev–Trinajstić information content (AvgIpc) is 2.65. The lowest BCUT2D eigenvalue weighted by atomic mass is 9.96. The standard InChI is InChI=1S/C17H28N2O/c1-3-5-14-6-4-10-19(11-9-14)13-15-7-8-17(20-2)16(18)12-15/h7-8,12,14H,3-6,9-11,13,18H2,1-2H3. The lowest BCUT2D eigenvalue weighted by molar-refractivity contribution is 0.271. The Labute approximate surface area is 123 Å². The molecular weight excluding hydrogens is 248 g/mol. The van der Waals surface area contributed by atoms with Gasteiger partial charge in [0.25, 0.3) is 0 Å². The lowest BCUT2D eigenvalue weighted by Crippen LogP contribution is -2.24. The highest BCUT2D eigenvalue weighted by Gasteiger charge is 2.16. The van der Waals surface area contributed by atoms with Crippen molar-refractivity contribution in [3.8, 4) is 5.75 Å². The van der Waals surface area contributed by atoms with E-state index in [2.05, 4.69) is 17.9 Å². The third-order valence-electron chi connectivity index (χ3n) is 4.34. The second kappa shape index (κ2) is 7.53.